The van der Waals surface area contributed by atoms with E-state index in [9.17, 15) is 0 Å². The molecule has 0 aliphatic rings. The lowest BCUT2D eigenvalue weighted by molar-refractivity contribution is 0.399. The average Bonchev–Trinajstić information content (AvgIpc) is 2.95. The Bertz CT molecular complexity index is 556. The third kappa shape index (κ3) is 3.10. The van der Waals surface area contributed by atoms with Crippen LogP contribution < -0.4 is 10.1 Å². The zero-order valence-corrected chi connectivity index (χ0v) is 13.4. The molecule has 1 atom stereocenters. The lowest BCUT2D eigenvalue weighted by atomic mass is 9.96. The Morgan fingerprint density at radius 2 is 2.00 bits per heavy atom. The van der Waals surface area contributed by atoms with Crippen molar-refractivity contribution in [3.8, 4) is 5.75 Å². The highest BCUT2D eigenvalue weighted by Gasteiger charge is 2.24. The van der Waals surface area contributed by atoms with E-state index >= 15 is 0 Å². The number of aromatic nitrogens is 2. The van der Waals surface area contributed by atoms with Crippen molar-refractivity contribution in [3.63, 3.8) is 0 Å². The number of hydrogen-bond acceptors (Lipinski definition) is 3. The molecule has 2 rings (SSSR count). The van der Waals surface area contributed by atoms with Crippen molar-refractivity contribution in [3.05, 3.63) is 47.3 Å². The number of ether oxygens (including phenoxy) is 1. The monoisotopic (exact) mass is 287 g/mol. The molecule has 1 N–H and O–H groups in total. The summed E-state index contributed by atoms with van der Waals surface area (Å²) in [6.07, 6.45) is 2.82. The lowest BCUT2D eigenvalue weighted by Crippen LogP contribution is -2.26. The molecule has 0 aliphatic heterocycles. The Balaban J connectivity index is 2.55. The van der Waals surface area contributed by atoms with Gasteiger partial charge in [0.2, 0.25) is 0 Å². The number of hydrogen-bond donors (Lipinski definition) is 1. The summed E-state index contributed by atoms with van der Waals surface area (Å²) in [7, 11) is 1.70. The smallest absolute Gasteiger partial charge is 0.161 e. The Hall–Kier alpha value is -1.81. The van der Waals surface area contributed by atoms with E-state index in [1.807, 2.05) is 4.68 Å². The molecule has 0 saturated carbocycles. The molecular formula is C17H25N3O. The minimum Gasteiger partial charge on any atom is -0.493 e. The van der Waals surface area contributed by atoms with E-state index in [1.165, 1.54) is 11.1 Å². The van der Waals surface area contributed by atoms with Crippen LogP contribution in [0.2, 0.25) is 0 Å². The summed E-state index contributed by atoms with van der Waals surface area (Å²) >= 11 is 0. The normalized spacial score (nSPS) is 12.4. The first-order valence-electron chi connectivity index (χ1n) is 7.67. The fourth-order valence-electron chi connectivity index (χ4n) is 2.77. The van der Waals surface area contributed by atoms with Crippen LogP contribution in [-0.2, 0) is 13.0 Å². The first-order chi connectivity index (χ1) is 10.3. The van der Waals surface area contributed by atoms with Gasteiger partial charge in [0.25, 0.3) is 0 Å². The zero-order valence-electron chi connectivity index (χ0n) is 13.4. The Labute approximate surface area is 127 Å². The van der Waals surface area contributed by atoms with Gasteiger partial charge in [-0.2, -0.15) is 5.10 Å². The summed E-state index contributed by atoms with van der Waals surface area (Å²) in [4.78, 5) is 0. The minimum atomic E-state index is 0.101. The summed E-state index contributed by atoms with van der Waals surface area (Å²) in [5.41, 5.74) is 3.76. The van der Waals surface area contributed by atoms with E-state index in [1.54, 1.807) is 13.3 Å². The summed E-state index contributed by atoms with van der Waals surface area (Å²) in [6.45, 7) is 8.14. The maximum absolute atomic E-state index is 5.53. The molecule has 1 heterocycles. The molecule has 0 spiro atoms. The highest BCUT2D eigenvalue weighted by molar-refractivity contribution is 5.40. The molecule has 0 saturated heterocycles. The van der Waals surface area contributed by atoms with E-state index in [4.69, 9.17) is 4.74 Å². The molecular weight excluding hydrogens is 262 g/mol. The van der Waals surface area contributed by atoms with Crippen LogP contribution in [0.3, 0.4) is 0 Å². The van der Waals surface area contributed by atoms with Crippen LogP contribution in [-0.4, -0.2) is 23.4 Å². The van der Waals surface area contributed by atoms with Crippen LogP contribution in [0.4, 0.5) is 0 Å². The molecule has 4 nitrogen and oxygen atoms in total. The third-order valence-electron chi connectivity index (χ3n) is 3.79. The third-order valence-corrected chi connectivity index (χ3v) is 3.79. The summed E-state index contributed by atoms with van der Waals surface area (Å²) < 4.78 is 7.54. The fraction of sp³-hybridized carbons (Fsp3) is 0.471. The molecule has 21 heavy (non-hydrogen) atoms. The summed E-state index contributed by atoms with van der Waals surface area (Å²) in [5, 5.41) is 8.03. The number of nitrogens with one attached hydrogen (secondary N) is 1. The van der Waals surface area contributed by atoms with Gasteiger partial charge in [-0.05, 0) is 31.0 Å². The zero-order chi connectivity index (χ0) is 15.2. The van der Waals surface area contributed by atoms with Crippen molar-refractivity contribution >= 4 is 0 Å². The maximum atomic E-state index is 5.53. The molecule has 0 fully saturated rings. The second-order valence-electron chi connectivity index (χ2n) is 4.96. The Morgan fingerprint density at radius 1 is 1.24 bits per heavy atom. The largest absolute Gasteiger partial charge is 0.493 e. The topological polar surface area (TPSA) is 39.1 Å². The van der Waals surface area contributed by atoms with Gasteiger partial charge in [-0.15, -0.1) is 0 Å². The minimum absolute atomic E-state index is 0.101. The molecule has 0 bridgehead atoms. The molecule has 0 amide bonds. The molecule has 1 aromatic carbocycles. The van der Waals surface area contributed by atoms with Gasteiger partial charge in [-0.3, -0.25) is 4.68 Å². The van der Waals surface area contributed by atoms with Gasteiger partial charge in [0.15, 0.2) is 5.75 Å². The van der Waals surface area contributed by atoms with Gasteiger partial charge in [0.1, 0.15) is 5.69 Å². The van der Waals surface area contributed by atoms with Crippen LogP contribution in [0.15, 0.2) is 30.5 Å². The standard InChI is InChI=1S/C17H25N3O/c1-5-13-10-8-9-11-14(13)16(18-6-2)17-15(21-4)12-19-20(17)7-3/h8-12,16,18H,5-7H2,1-4H3. The van der Waals surface area contributed by atoms with Crippen LogP contribution in [0, 0.1) is 0 Å². The number of nitrogens with zero attached hydrogens (tertiary/aromatic N) is 2. The highest BCUT2D eigenvalue weighted by atomic mass is 16.5. The van der Waals surface area contributed by atoms with E-state index < -0.39 is 0 Å². The van der Waals surface area contributed by atoms with Crippen LogP contribution in [0.1, 0.15) is 43.6 Å². The molecule has 1 unspecified atom stereocenters. The van der Waals surface area contributed by atoms with Gasteiger partial charge in [-0.25, -0.2) is 0 Å². The molecule has 114 valence electrons. The van der Waals surface area contributed by atoms with Crippen LogP contribution in [0.5, 0.6) is 5.75 Å². The predicted octanol–water partition coefficient (Wildman–Crippen LogP) is 3.17. The Kier molecular flexibility index (Phi) is 5.39. The number of aryl methyl sites for hydroxylation is 2. The first-order valence-corrected chi connectivity index (χ1v) is 7.67. The first kappa shape index (κ1) is 15.6. The second kappa shape index (κ2) is 7.27. The second-order valence-corrected chi connectivity index (χ2v) is 4.96. The number of rotatable bonds is 7. The van der Waals surface area contributed by atoms with E-state index in [2.05, 4.69) is 55.5 Å². The quantitative estimate of drug-likeness (QED) is 0.850. The molecule has 0 radical (unpaired) electrons. The molecule has 1 aromatic heterocycles. The van der Waals surface area contributed by atoms with Crippen molar-refractivity contribution in [2.75, 3.05) is 13.7 Å². The predicted molar refractivity (Wildman–Crippen MR) is 85.8 cm³/mol. The lowest BCUT2D eigenvalue weighted by Gasteiger charge is -2.23. The van der Waals surface area contributed by atoms with Gasteiger partial charge >= 0.3 is 0 Å². The van der Waals surface area contributed by atoms with Crippen molar-refractivity contribution < 1.29 is 4.74 Å². The molecule has 2 aromatic rings. The molecule has 4 heteroatoms. The molecule has 0 aliphatic carbocycles. The van der Waals surface area contributed by atoms with Crippen LogP contribution in [0.25, 0.3) is 0 Å². The van der Waals surface area contributed by atoms with Crippen LogP contribution >= 0.6 is 0 Å². The number of methoxy groups -OCH3 is 1. The number of benzene rings is 1. The SMILES string of the molecule is CCNC(c1ccccc1CC)c1c(OC)cnn1CC. The van der Waals surface area contributed by atoms with Crippen molar-refractivity contribution in [2.24, 2.45) is 0 Å². The van der Waals surface area contributed by atoms with Crippen molar-refractivity contribution in [1.82, 2.24) is 15.1 Å². The van der Waals surface area contributed by atoms with Crippen molar-refractivity contribution in [2.45, 2.75) is 39.8 Å². The Morgan fingerprint density at radius 3 is 2.62 bits per heavy atom. The summed E-state index contributed by atoms with van der Waals surface area (Å²) in [5.74, 6) is 0.841. The van der Waals surface area contributed by atoms with E-state index in [0.717, 1.165) is 31.0 Å². The van der Waals surface area contributed by atoms with E-state index in [-0.39, 0.29) is 6.04 Å². The van der Waals surface area contributed by atoms with Gasteiger partial charge in [0, 0.05) is 6.54 Å². The van der Waals surface area contributed by atoms with Gasteiger partial charge in [0.05, 0.1) is 19.3 Å². The maximum Gasteiger partial charge on any atom is 0.161 e. The average molecular weight is 287 g/mol. The fourth-order valence-corrected chi connectivity index (χ4v) is 2.77. The summed E-state index contributed by atoms with van der Waals surface area (Å²) in [6, 6.07) is 8.68. The highest BCUT2D eigenvalue weighted by Crippen LogP contribution is 2.32. The van der Waals surface area contributed by atoms with Crippen molar-refractivity contribution in [1.29, 1.82) is 0 Å². The van der Waals surface area contributed by atoms with Gasteiger partial charge in [-0.1, -0.05) is 38.1 Å². The van der Waals surface area contributed by atoms with Gasteiger partial charge < -0.3 is 10.1 Å². The van der Waals surface area contributed by atoms with E-state index in [0.29, 0.717) is 0 Å².